The van der Waals surface area contributed by atoms with Crippen LogP contribution in [0.15, 0.2) is 71.9 Å². The largest absolute Gasteiger partial charge is 0.497 e. The van der Waals surface area contributed by atoms with Crippen LogP contribution in [0.1, 0.15) is 18.5 Å². The Morgan fingerprint density at radius 2 is 1.77 bits per heavy atom. The highest BCUT2D eigenvalue weighted by atomic mass is 16.5. The van der Waals surface area contributed by atoms with Crippen LogP contribution in [0.3, 0.4) is 0 Å². The van der Waals surface area contributed by atoms with Gasteiger partial charge >= 0.3 is 0 Å². The summed E-state index contributed by atoms with van der Waals surface area (Å²) in [6.07, 6.45) is 4.16. The molecule has 2 aromatic carbocycles. The summed E-state index contributed by atoms with van der Waals surface area (Å²) in [7, 11) is 3.49. The molecule has 7 nitrogen and oxygen atoms in total. The van der Waals surface area contributed by atoms with E-state index in [1.54, 1.807) is 7.11 Å². The highest BCUT2D eigenvalue weighted by Crippen LogP contribution is 2.19. The zero-order chi connectivity index (χ0) is 21.5. The van der Waals surface area contributed by atoms with Crippen molar-refractivity contribution in [3.05, 3.63) is 72.6 Å². The number of methoxy groups -OCH3 is 1. The summed E-state index contributed by atoms with van der Waals surface area (Å²) in [6.45, 7) is 2.45. The molecule has 1 aliphatic rings. The minimum atomic E-state index is 0.247. The van der Waals surface area contributed by atoms with Crippen LogP contribution in [0.25, 0.3) is 5.69 Å². The SMILES string of the molecule is CN=C(NCc1ccn(-c2ccc(OC)cc2)n1)N1CCC(Oc2ccccc2)CC1. The van der Waals surface area contributed by atoms with Crippen LogP contribution in [0.4, 0.5) is 0 Å². The van der Waals surface area contributed by atoms with Gasteiger partial charge in [0.05, 0.1) is 25.0 Å². The molecular weight excluding hydrogens is 390 g/mol. The number of para-hydroxylation sites is 1. The number of nitrogens with zero attached hydrogens (tertiary/aromatic N) is 4. The first-order valence-corrected chi connectivity index (χ1v) is 10.6. The topological polar surface area (TPSA) is 63.9 Å². The molecule has 1 aliphatic heterocycles. The number of guanidine groups is 1. The van der Waals surface area contributed by atoms with Crippen molar-refractivity contribution in [2.45, 2.75) is 25.5 Å². The molecule has 0 spiro atoms. The second-order valence-corrected chi connectivity index (χ2v) is 7.47. The van der Waals surface area contributed by atoms with Gasteiger partial charge in [-0.3, -0.25) is 4.99 Å². The van der Waals surface area contributed by atoms with Crippen molar-refractivity contribution in [3.8, 4) is 17.2 Å². The molecule has 0 aliphatic carbocycles. The van der Waals surface area contributed by atoms with Crippen molar-refractivity contribution >= 4 is 5.96 Å². The molecule has 0 amide bonds. The first-order chi connectivity index (χ1) is 15.2. The fourth-order valence-corrected chi connectivity index (χ4v) is 3.71. The highest BCUT2D eigenvalue weighted by Gasteiger charge is 2.22. The fourth-order valence-electron chi connectivity index (χ4n) is 3.71. The minimum Gasteiger partial charge on any atom is -0.497 e. The lowest BCUT2D eigenvalue weighted by molar-refractivity contribution is 0.129. The van der Waals surface area contributed by atoms with Crippen molar-refractivity contribution in [1.82, 2.24) is 20.0 Å². The van der Waals surface area contributed by atoms with Crippen LogP contribution in [-0.4, -0.2) is 54.0 Å². The van der Waals surface area contributed by atoms with Crippen molar-refractivity contribution < 1.29 is 9.47 Å². The van der Waals surface area contributed by atoms with E-state index in [9.17, 15) is 0 Å². The highest BCUT2D eigenvalue weighted by molar-refractivity contribution is 5.79. The predicted octanol–water partition coefficient (Wildman–Crippen LogP) is 3.50. The quantitative estimate of drug-likeness (QED) is 0.489. The number of aromatic nitrogens is 2. The van der Waals surface area contributed by atoms with Gasteiger partial charge in [0.15, 0.2) is 5.96 Å². The maximum atomic E-state index is 6.10. The zero-order valence-corrected chi connectivity index (χ0v) is 18.1. The molecule has 1 N–H and O–H groups in total. The first kappa shape index (κ1) is 20.8. The lowest BCUT2D eigenvalue weighted by atomic mass is 10.1. The number of nitrogens with one attached hydrogen (secondary N) is 1. The van der Waals surface area contributed by atoms with E-state index in [0.29, 0.717) is 6.54 Å². The van der Waals surface area contributed by atoms with Gasteiger partial charge in [-0.2, -0.15) is 5.10 Å². The second kappa shape index (κ2) is 10.0. The second-order valence-electron chi connectivity index (χ2n) is 7.47. The van der Waals surface area contributed by atoms with Crippen LogP contribution in [0.5, 0.6) is 11.5 Å². The number of aliphatic imine (C=N–C) groups is 1. The lowest BCUT2D eigenvalue weighted by Gasteiger charge is -2.34. The number of rotatable bonds is 6. The summed E-state index contributed by atoms with van der Waals surface area (Å²) in [5.74, 6) is 2.67. The fraction of sp³-hybridized carbons (Fsp3) is 0.333. The maximum absolute atomic E-state index is 6.10. The Bertz CT molecular complexity index is 977. The molecule has 0 saturated carbocycles. The average Bonchev–Trinajstić information content (AvgIpc) is 3.30. The Hall–Kier alpha value is -3.48. The number of piperidine rings is 1. The monoisotopic (exact) mass is 419 g/mol. The molecule has 7 heteroatoms. The average molecular weight is 420 g/mol. The number of hydrogen-bond acceptors (Lipinski definition) is 4. The van der Waals surface area contributed by atoms with Crippen molar-refractivity contribution in [1.29, 1.82) is 0 Å². The lowest BCUT2D eigenvalue weighted by Crippen LogP contribution is -2.47. The van der Waals surface area contributed by atoms with Gasteiger partial charge in [0, 0.05) is 39.2 Å². The number of ether oxygens (including phenoxy) is 2. The van der Waals surface area contributed by atoms with Gasteiger partial charge in [0.2, 0.25) is 0 Å². The standard InChI is InChI=1S/C24H29N5O2/c1-25-24(28-15-13-23(14-16-28)31-22-6-4-3-5-7-22)26-18-19-12-17-29(27-19)20-8-10-21(30-2)11-9-20/h3-12,17,23H,13-16,18H2,1-2H3,(H,25,26). The predicted molar refractivity (Wildman–Crippen MR) is 122 cm³/mol. The van der Waals surface area contributed by atoms with E-state index in [1.807, 2.05) is 78.6 Å². The van der Waals surface area contributed by atoms with E-state index in [4.69, 9.17) is 9.47 Å². The molecule has 1 aromatic heterocycles. The van der Waals surface area contributed by atoms with Gasteiger partial charge in [-0.1, -0.05) is 18.2 Å². The van der Waals surface area contributed by atoms with Crippen LogP contribution in [0, 0.1) is 0 Å². The van der Waals surface area contributed by atoms with Gasteiger partial charge < -0.3 is 19.7 Å². The number of benzene rings is 2. The van der Waals surface area contributed by atoms with Gasteiger partial charge in [-0.15, -0.1) is 0 Å². The van der Waals surface area contributed by atoms with E-state index in [1.165, 1.54) is 0 Å². The molecule has 0 unspecified atom stereocenters. The molecule has 1 fully saturated rings. The number of hydrogen-bond donors (Lipinski definition) is 1. The minimum absolute atomic E-state index is 0.247. The Morgan fingerprint density at radius 3 is 2.45 bits per heavy atom. The third-order valence-corrected chi connectivity index (χ3v) is 5.41. The van der Waals surface area contributed by atoms with Gasteiger partial charge in [-0.25, -0.2) is 4.68 Å². The Balaban J connectivity index is 1.28. The van der Waals surface area contributed by atoms with Gasteiger partial charge in [0.25, 0.3) is 0 Å². The molecule has 0 bridgehead atoms. The molecule has 31 heavy (non-hydrogen) atoms. The molecule has 0 radical (unpaired) electrons. The Morgan fingerprint density at radius 1 is 1.03 bits per heavy atom. The third-order valence-electron chi connectivity index (χ3n) is 5.41. The number of likely N-dealkylation sites (tertiary alicyclic amines) is 1. The molecule has 3 aromatic rings. The molecular formula is C24H29N5O2. The third kappa shape index (κ3) is 5.36. The van der Waals surface area contributed by atoms with E-state index in [2.05, 4.69) is 20.3 Å². The molecule has 4 rings (SSSR count). The summed E-state index contributed by atoms with van der Waals surface area (Å²) in [6, 6.07) is 19.9. The molecule has 1 saturated heterocycles. The Kier molecular flexibility index (Phi) is 6.72. The first-order valence-electron chi connectivity index (χ1n) is 10.6. The van der Waals surface area contributed by atoms with E-state index in [-0.39, 0.29) is 6.10 Å². The smallest absolute Gasteiger partial charge is 0.193 e. The summed E-state index contributed by atoms with van der Waals surface area (Å²) in [5.41, 5.74) is 1.95. The zero-order valence-electron chi connectivity index (χ0n) is 18.1. The van der Waals surface area contributed by atoms with Crippen LogP contribution < -0.4 is 14.8 Å². The van der Waals surface area contributed by atoms with Crippen molar-refractivity contribution in [2.24, 2.45) is 4.99 Å². The Labute approximate surface area is 183 Å². The van der Waals surface area contributed by atoms with Crippen LogP contribution >= 0.6 is 0 Å². The molecule has 2 heterocycles. The summed E-state index contributed by atoms with van der Waals surface area (Å²) in [4.78, 5) is 6.75. The van der Waals surface area contributed by atoms with E-state index >= 15 is 0 Å². The molecule has 0 atom stereocenters. The van der Waals surface area contributed by atoms with Crippen LogP contribution in [0.2, 0.25) is 0 Å². The van der Waals surface area contributed by atoms with Crippen molar-refractivity contribution in [3.63, 3.8) is 0 Å². The van der Waals surface area contributed by atoms with Crippen LogP contribution in [-0.2, 0) is 6.54 Å². The van der Waals surface area contributed by atoms with Gasteiger partial charge in [0.1, 0.15) is 17.6 Å². The van der Waals surface area contributed by atoms with Gasteiger partial charge in [-0.05, 0) is 42.5 Å². The van der Waals surface area contributed by atoms with E-state index < -0.39 is 0 Å². The maximum Gasteiger partial charge on any atom is 0.193 e. The normalized spacial score (nSPS) is 15.0. The summed E-state index contributed by atoms with van der Waals surface area (Å²) in [5, 5.41) is 8.11. The molecule has 162 valence electrons. The summed E-state index contributed by atoms with van der Waals surface area (Å²) >= 11 is 0. The van der Waals surface area contributed by atoms with Crippen molar-refractivity contribution in [2.75, 3.05) is 27.2 Å². The van der Waals surface area contributed by atoms with E-state index in [0.717, 1.165) is 54.8 Å². The summed E-state index contributed by atoms with van der Waals surface area (Å²) < 4.78 is 13.2.